The minimum Gasteiger partial charge on any atom is -0.354 e. The van der Waals surface area contributed by atoms with Gasteiger partial charge in [0.15, 0.2) is 0 Å². The molecule has 0 radical (unpaired) electrons. The van der Waals surface area contributed by atoms with Gasteiger partial charge in [-0.05, 0) is 42.8 Å². The zero-order valence-corrected chi connectivity index (χ0v) is 17.9. The van der Waals surface area contributed by atoms with Crippen molar-refractivity contribution < 1.29 is 4.39 Å². The molecule has 0 unspecified atom stereocenters. The molecule has 0 saturated carbocycles. The second-order valence-corrected chi connectivity index (χ2v) is 8.05. The third-order valence-corrected chi connectivity index (χ3v) is 6.07. The second kappa shape index (κ2) is 8.88. The molecule has 1 N–H and O–H groups in total. The van der Waals surface area contributed by atoms with Crippen molar-refractivity contribution in [2.45, 2.75) is 13.0 Å². The molecule has 6 nitrogen and oxygen atoms in total. The van der Waals surface area contributed by atoms with Crippen LogP contribution in [0.15, 0.2) is 73.2 Å². The lowest BCUT2D eigenvalue weighted by Crippen LogP contribution is -2.47. The van der Waals surface area contributed by atoms with Crippen molar-refractivity contribution >= 4 is 28.2 Å². The third kappa shape index (κ3) is 4.38. The fourth-order valence-electron chi connectivity index (χ4n) is 4.17. The highest BCUT2D eigenvalue weighted by molar-refractivity contribution is 5.82. The molecule has 1 aliphatic rings. The molecular formula is C25H25FN6. The van der Waals surface area contributed by atoms with Gasteiger partial charge in [0.05, 0.1) is 5.52 Å². The quantitative estimate of drug-likeness (QED) is 0.493. The Morgan fingerprint density at radius 1 is 0.906 bits per heavy atom. The van der Waals surface area contributed by atoms with E-state index in [2.05, 4.69) is 37.0 Å². The van der Waals surface area contributed by atoms with Gasteiger partial charge in [0.1, 0.15) is 23.8 Å². The number of piperazine rings is 1. The fraction of sp³-hybridized carbons (Fsp3) is 0.240. The van der Waals surface area contributed by atoms with Crippen molar-refractivity contribution in [3.63, 3.8) is 0 Å². The maximum absolute atomic E-state index is 13.2. The zero-order chi connectivity index (χ0) is 21.9. The van der Waals surface area contributed by atoms with Gasteiger partial charge in [0.2, 0.25) is 0 Å². The van der Waals surface area contributed by atoms with Gasteiger partial charge in [0.25, 0.3) is 0 Å². The maximum atomic E-state index is 13.2. The molecule has 0 amide bonds. The van der Waals surface area contributed by atoms with E-state index >= 15 is 0 Å². The Morgan fingerprint density at radius 2 is 1.72 bits per heavy atom. The summed E-state index contributed by atoms with van der Waals surface area (Å²) in [6, 6.07) is 19.1. The van der Waals surface area contributed by atoms with Gasteiger partial charge in [0, 0.05) is 55.6 Å². The smallest absolute Gasteiger partial charge is 0.135 e. The van der Waals surface area contributed by atoms with Gasteiger partial charge in [-0.25, -0.2) is 14.4 Å². The van der Waals surface area contributed by atoms with Gasteiger partial charge < -0.3 is 10.2 Å². The van der Waals surface area contributed by atoms with Crippen LogP contribution in [0.4, 0.5) is 21.7 Å². The summed E-state index contributed by atoms with van der Waals surface area (Å²) in [5.41, 5.74) is 3.02. The van der Waals surface area contributed by atoms with Crippen LogP contribution in [0.25, 0.3) is 10.9 Å². The molecule has 3 heterocycles. The van der Waals surface area contributed by atoms with E-state index in [1.807, 2.05) is 48.5 Å². The Morgan fingerprint density at radius 3 is 2.53 bits per heavy atom. The first kappa shape index (κ1) is 20.3. The summed E-state index contributed by atoms with van der Waals surface area (Å²) in [7, 11) is 0. The van der Waals surface area contributed by atoms with E-state index in [9.17, 15) is 4.39 Å². The fourth-order valence-corrected chi connectivity index (χ4v) is 4.17. The van der Waals surface area contributed by atoms with E-state index in [1.54, 1.807) is 12.5 Å². The molecule has 7 heteroatoms. The number of benzene rings is 2. The lowest BCUT2D eigenvalue weighted by Gasteiger charge is -2.38. The monoisotopic (exact) mass is 428 g/mol. The van der Waals surface area contributed by atoms with E-state index in [0.29, 0.717) is 0 Å². The van der Waals surface area contributed by atoms with Crippen molar-refractivity contribution in [1.82, 2.24) is 19.9 Å². The predicted octanol–water partition coefficient (Wildman–Crippen LogP) is 4.79. The lowest BCUT2D eigenvalue weighted by molar-refractivity contribution is 0.198. The Hall–Kier alpha value is -3.58. The topological polar surface area (TPSA) is 57.2 Å². The van der Waals surface area contributed by atoms with Crippen LogP contribution in [-0.2, 0) is 0 Å². The Balaban J connectivity index is 1.24. The van der Waals surface area contributed by atoms with E-state index < -0.39 is 0 Å². The molecule has 162 valence electrons. The van der Waals surface area contributed by atoms with Gasteiger partial charge in [-0.2, -0.15) is 0 Å². The Bertz CT molecular complexity index is 1200. The van der Waals surface area contributed by atoms with E-state index in [4.69, 9.17) is 0 Å². The third-order valence-electron chi connectivity index (χ3n) is 6.07. The SMILES string of the molecule is C[C@H](c1ccc(F)cc1)N1CCN(c2cc(Nc3ccc4cccnc4c3)ncn2)CC1. The van der Waals surface area contributed by atoms with Crippen LogP contribution in [0, 0.1) is 5.82 Å². The summed E-state index contributed by atoms with van der Waals surface area (Å²) in [6.45, 7) is 5.76. The average Bonchev–Trinajstić information content (AvgIpc) is 2.84. The van der Waals surface area contributed by atoms with E-state index in [1.165, 1.54) is 12.1 Å². The van der Waals surface area contributed by atoms with E-state index in [-0.39, 0.29) is 11.9 Å². The van der Waals surface area contributed by atoms with Crippen LogP contribution >= 0.6 is 0 Å². The van der Waals surface area contributed by atoms with Crippen molar-refractivity contribution in [3.05, 3.63) is 84.6 Å². The summed E-state index contributed by atoms with van der Waals surface area (Å²) in [5, 5.41) is 4.48. The number of nitrogens with one attached hydrogen (secondary N) is 1. The minimum absolute atomic E-state index is 0.195. The van der Waals surface area contributed by atoms with E-state index in [0.717, 1.165) is 60.0 Å². The molecule has 1 atom stereocenters. The summed E-state index contributed by atoms with van der Waals surface area (Å²) in [5.74, 6) is 1.47. The molecule has 4 aromatic rings. The highest BCUT2D eigenvalue weighted by Crippen LogP contribution is 2.25. The number of hydrogen-bond acceptors (Lipinski definition) is 6. The van der Waals surface area contributed by atoms with Gasteiger partial charge in [-0.1, -0.05) is 24.3 Å². The number of fused-ring (bicyclic) bond motifs is 1. The lowest BCUT2D eigenvalue weighted by atomic mass is 10.1. The Labute approximate surface area is 186 Å². The minimum atomic E-state index is -0.195. The second-order valence-electron chi connectivity index (χ2n) is 8.05. The van der Waals surface area contributed by atoms with Crippen LogP contribution in [-0.4, -0.2) is 46.0 Å². The van der Waals surface area contributed by atoms with Crippen LogP contribution < -0.4 is 10.2 Å². The molecule has 32 heavy (non-hydrogen) atoms. The molecule has 1 aliphatic heterocycles. The van der Waals surface area contributed by atoms with Gasteiger partial charge >= 0.3 is 0 Å². The Kier molecular flexibility index (Phi) is 5.64. The van der Waals surface area contributed by atoms with Crippen molar-refractivity contribution in [2.24, 2.45) is 0 Å². The normalized spacial score (nSPS) is 15.6. The van der Waals surface area contributed by atoms with Crippen molar-refractivity contribution in [2.75, 3.05) is 36.4 Å². The first-order valence-electron chi connectivity index (χ1n) is 10.8. The predicted molar refractivity (Wildman–Crippen MR) is 126 cm³/mol. The molecular weight excluding hydrogens is 403 g/mol. The van der Waals surface area contributed by atoms with Gasteiger partial charge in [-0.15, -0.1) is 0 Å². The van der Waals surface area contributed by atoms with Crippen molar-refractivity contribution in [3.8, 4) is 0 Å². The standard InChI is InChI=1S/C25H25FN6/c1-18(19-4-7-21(26)8-5-19)31-11-13-32(14-12-31)25-16-24(28-17-29-25)30-22-9-6-20-3-2-10-27-23(20)15-22/h2-10,15-18H,11-14H2,1H3,(H,28,29,30)/t18-/m1/s1. The first-order valence-corrected chi connectivity index (χ1v) is 10.8. The maximum Gasteiger partial charge on any atom is 0.135 e. The summed E-state index contributed by atoms with van der Waals surface area (Å²) in [4.78, 5) is 18.0. The molecule has 0 spiro atoms. The molecule has 5 rings (SSSR count). The number of aromatic nitrogens is 3. The summed E-state index contributed by atoms with van der Waals surface area (Å²) < 4.78 is 13.2. The van der Waals surface area contributed by atoms with Crippen molar-refractivity contribution in [1.29, 1.82) is 0 Å². The highest BCUT2D eigenvalue weighted by Gasteiger charge is 2.23. The van der Waals surface area contributed by atoms with Crippen LogP contribution in [0.3, 0.4) is 0 Å². The molecule has 2 aromatic carbocycles. The van der Waals surface area contributed by atoms with Gasteiger partial charge in [-0.3, -0.25) is 9.88 Å². The number of hydrogen-bond donors (Lipinski definition) is 1. The number of halogens is 1. The summed E-state index contributed by atoms with van der Waals surface area (Å²) in [6.07, 6.45) is 3.40. The molecule has 0 bridgehead atoms. The number of anilines is 3. The number of nitrogens with zero attached hydrogens (tertiary/aromatic N) is 5. The largest absolute Gasteiger partial charge is 0.354 e. The molecule has 1 fully saturated rings. The van der Waals surface area contributed by atoms with Crippen LogP contribution in [0.5, 0.6) is 0 Å². The average molecular weight is 429 g/mol. The first-order chi connectivity index (χ1) is 15.7. The number of rotatable bonds is 5. The number of pyridine rings is 1. The highest BCUT2D eigenvalue weighted by atomic mass is 19.1. The zero-order valence-electron chi connectivity index (χ0n) is 17.9. The molecule has 0 aliphatic carbocycles. The molecule has 2 aromatic heterocycles. The summed E-state index contributed by atoms with van der Waals surface area (Å²) >= 11 is 0. The van der Waals surface area contributed by atoms with Crippen LogP contribution in [0.1, 0.15) is 18.5 Å². The molecule has 1 saturated heterocycles. The van der Waals surface area contributed by atoms with Crippen LogP contribution in [0.2, 0.25) is 0 Å².